The van der Waals surface area contributed by atoms with Crippen LogP contribution in [0.15, 0.2) is 60.1 Å². The first-order valence-electron chi connectivity index (χ1n) is 8.72. The van der Waals surface area contributed by atoms with Crippen LogP contribution in [-0.4, -0.2) is 40.0 Å². The molecule has 0 radical (unpaired) electrons. The molecule has 0 saturated heterocycles. The fourth-order valence-electron chi connectivity index (χ4n) is 2.83. The number of hydrogen-bond donors (Lipinski definition) is 2. The molecule has 7 heteroatoms. The average Bonchev–Trinajstić information content (AvgIpc) is 3.26. The van der Waals surface area contributed by atoms with Gasteiger partial charge in [0.2, 0.25) is 0 Å². The molecule has 28 heavy (non-hydrogen) atoms. The molecule has 3 aromatic rings. The number of nitrogens with zero attached hydrogens (tertiary/aromatic N) is 1. The fourth-order valence-corrected chi connectivity index (χ4v) is 3.93. The van der Waals surface area contributed by atoms with Crippen molar-refractivity contribution in [3.05, 3.63) is 65.7 Å². The number of carboxylic acids is 1. The third kappa shape index (κ3) is 4.79. The summed E-state index contributed by atoms with van der Waals surface area (Å²) in [5.74, 6) is -0.757. The second-order valence-corrected chi connectivity index (χ2v) is 7.99. The molecule has 1 amide bonds. The van der Waals surface area contributed by atoms with Gasteiger partial charge in [0.1, 0.15) is 11.0 Å². The summed E-state index contributed by atoms with van der Waals surface area (Å²) in [6.45, 7) is 0. The topological polar surface area (TPSA) is 79.3 Å². The number of hydrogen-bond acceptors (Lipinski definition) is 5. The standard InChI is InChI=1S/C21H20N2O3S2/c1-27-11-9-18(21(25)26)23-19(24)16-8-7-15(20-22-10-12-28-20)13-17(16)14-5-3-2-4-6-14/h2-8,10,12-13,18H,9,11H2,1H3,(H,23,24)(H,25,26). The number of thioether (sulfide) groups is 1. The molecule has 0 spiro atoms. The number of aliphatic carboxylic acids is 1. The molecule has 0 saturated carbocycles. The molecule has 5 nitrogen and oxygen atoms in total. The summed E-state index contributed by atoms with van der Waals surface area (Å²) in [5.41, 5.74) is 3.01. The Hall–Kier alpha value is -2.64. The third-order valence-corrected chi connectivity index (χ3v) is 5.71. The number of carboxylic acid groups (broad SMARTS) is 1. The lowest BCUT2D eigenvalue weighted by Gasteiger charge is -2.16. The number of amides is 1. The molecule has 2 aromatic carbocycles. The summed E-state index contributed by atoms with van der Waals surface area (Å²) in [5, 5.41) is 14.9. The fraction of sp³-hybridized carbons (Fsp3) is 0.190. The van der Waals surface area contributed by atoms with Crippen LogP contribution in [0.3, 0.4) is 0 Å². The van der Waals surface area contributed by atoms with Gasteiger partial charge in [-0.1, -0.05) is 36.4 Å². The number of carbonyl (C=O) groups is 2. The quantitative estimate of drug-likeness (QED) is 0.573. The number of rotatable bonds is 8. The Labute approximate surface area is 171 Å². The molecule has 1 heterocycles. The number of aromatic nitrogens is 1. The van der Waals surface area contributed by atoms with Gasteiger partial charge in [-0.25, -0.2) is 9.78 Å². The highest BCUT2D eigenvalue weighted by Crippen LogP contribution is 2.30. The summed E-state index contributed by atoms with van der Waals surface area (Å²) in [7, 11) is 0. The molecule has 0 aliphatic carbocycles. The van der Waals surface area contributed by atoms with Crippen LogP contribution in [-0.2, 0) is 4.79 Å². The first-order valence-corrected chi connectivity index (χ1v) is 11.0. The molecule has 1 unspecified atom stereocenters. The highest BCUT2D eigenvalue weighted by Gasteiger charge is 2.22. The minimum atomic E-state index is -1.02. The molecule has 3 rings (SSSR count). The van der Waals surface area contributed by atoms with Gasteiger partial charge in [0, 0.05) is 22.7 Å². The summed E-state index contributed by atoms with van der Waals surface area (Å²) >= 11 is 3.08. The summed E-state index contributed by atoms with van der Waals surface area (Å²) in [4.78, 5) is 28.8. The summed E-state index contributed by atoms with van der Waals surface area (Å²) in [6, 6.07) is 14.2. The normalized spacial score (nSPS) is 11.8. The van der Waals surface area contributed by atoms with Gasteiger partial charge in [0.05, 0.1) is 0 Å². The molecular formula is C21H20N2O3S2. The van der Waals surface area contributed by atoms with Crippen molar-refractivity contribution in [2.45, 2.75) is 12.5 Å². The highest BCUT2D eigenvalue weighted by atomic mass is 32.2. The minimum Gasteiger partial charge on any atom is -0.480 e. The summed E-state index contributed by atoms with van der Waals surface area (Å²) in [6.07, 6.45) is 4.03. The SMILES string of the molecule is CSCCC(NC(=O)c1ccc(-c2nccs2)cc1-c1ccccc1)C(=O)O. The van der Waals surface area contributed by atoms with Crippen LogP contribution >= 0.6 is 23.1 Å². The third-order valence-electron chi connectivity index (χ3n) is 4.24. The van der Waals surface area contributed by atoms with E-state index in [1.807, 2.05) is 54.1 Å². The van der Waals surface area contributed by atoms with Gasteiger partial charge in [-0.2, -0.15) is 11.8 Å². The largest absolute Gasteiger partial charge is 0.480 e. The first-order chi connectivity index (χ1) is 13.6. The Morgan fingerprint density at radius 2 is 1.96 bits per heavy atom. The van der Waals surface area contributed by atoms with Crippen LogP contribution < -0.4 is 5.32 Å². The highest BCUT2D eigenvalue weighted by molar-refractivity contribution is 7.98. The van der Waals surface area contributed by atoms with Gasteiger partial charge < -0.3 is 10.4 Å². The molecule has 0 bridgehead atoms. The number of nitrogens with one attached hydrogen (secondary N) is 1. The van der Waals surface area contributed by atoms with Gasteiger partial charge in [-0.05, 0) is 41.7 Å². The van der Waals surface area contributed by atoms with Crippen molar-refractivity contribution in [3.63, 3.8) is 0 Å². The van der Waals surface area contributed by atoms with E-state index in [2.05, 4.69) is 10.3 Å². The Kier molecular flexibility index (Phi) is 6.84. The van der Waals surface area contributed by atoms with Crippen LogP contribution in [0.5, 0.6) is 0 Å². The average molecular weight is 413 g/mol. The van der Waals surface area contributed by atoms with Crippen LogP contribution in [0.2, 0.25) is 0 Å². The zero-order valence-corrected chi connectivity index (χ0v) is 16.9. The molecule has 1 atom stereocenters. The van der Waals surface area contributed by atoms with Crippen molar-refractivity contribution in [1.82, 2.24) is 10.3 Å². The summed E-state index contributed by atoms with van der Waals surface area (Å²) < 4.78 is 0. The van der Waals surface area contributed by atoms with E-state index < -0.39 is 17.9 Å². The molecule has 0 aliphatic rings. The van der Waals surface area contributed by atoms with E-state index in [0.717, 1.165) is 21.7 Å². The maximum Gasteiger partial charge on any atom is 0.326 e. The lowest BCUT2D eigenvalue weighted by atomic mass is 9.96. The number of benzene rings is 2. The second kappa shape index (κ2) is 9.52. The zero-order chi connectivity index (χ0) is 19.9. The molecule has 0 aliphatic heterocycles. The van der Waals surface area contributed by atoms with E-state index in [9.17, 15) is 14.7 Å². The van der Waals surface area contributed by atoms with E-state index in [1.165, 1.54) is 11.3 Å². The van der Waals surface area contributed by atoms with Crippen LogP contribution in [0.1, 0.15) is 16.8 Å². The molecule has 1 aromatic heterocycles. The Morgan fingerprint density at radius 1 is 1.18 bits per heavy atom. The van der Waals surface area contributed by atoms with Gasteiger partial charge in [-0.3, -0.25) is 4.79 Å². The predicted octanol–water partition coefficient (Wildman–Crippen LogP) is 4.41. The predicted molar refractivity (Wildman–Crippen MR) is 115 cm³/mol. The van der Waals surface area contributed by atoms with Crippen molar-refractivity contribution in [2.24, 2.45) is 0 Å². The van der Waals surface area contributed by atoms with Crippen molar-refractivity contribution < 1.29 is 14.7 Å². The lowest BCUT2D eigenvalue weighted by Crippen LogP contribution is -2.41. The molecule has 0 fully saturated rings. The molecular weight excluding hydrogens is 392 g/mol. The number of thiazole rings is 1. The van der Waals surface area contributed by atoms with Gasteiger partial charge in [-0.15, -0.1) is 11.3 Å². The van der Waals surface area contributed by atoms with Crippen molar-refractivity contribution in [1.29, 1.82) is 0 Å². The van der Waals surface area contributed by atoms with E-state index in [-0.39, 0.29) is 0 Å². The van der Waals surface area contributed by atoms with E-state index in [0.29, 0.717) is 17.7 Å². The monoisotopic (exact) mass is 412 g/mol. The van der Waals surface area contributed by atoms with Crippen molar-refractivity contribution >= 4 is 35.0 Å². The molecule has 2 N–H and O–H groups in total. The van der Waals surface area contributed by atoms with Gasteiger partial charge in [0.15, 0.2) is 0 Å². The van der Waals surface area contributed by atoms with Gasteiger partial charge >= 0.3 is 5.97 Å². The van der Waals surface area contributed by atoms with Crippen molar-refractivity contribution in [2.75, 3.05) is 12.0 Å². The smallest absolute Gasteiger partial charge is 0.326 e. The number of carbonyl (C=O) groups excluding carboxylic acids is 1. The maximum atomic E-state index is 12.9. The maximum absolute atomic E-state index is 12.9. The van der Waals surface area contributed by atoms with E-state index >= 15 is 0 Å². The van der Waals surface area contributed by atoms with Crippen LogP contribution in [0, 0.1) is 0 Å². The lowest BCUT2D eigenvalue weighted by molar-refractivity contribution is -0.139. The first kappa shape index (κ1) is 20.1. The van der Waals surface area contributed by atoms with Crippen LogP contribution in [0.4, 0.5) is 0 Å². The minimum absolute atomic E-state index is 0.375. The second-order valence-electron chi connectivity index (χ2n) is 6.11. The Bertz CT molecular complexity index is 944. The van der Waals surface area contributed by atoms with E-state index in [4.69, 9.17) is 0 Å². The Balaban J connectivity index is 1.97. The van der Waals surface area contributed by atoms with Gasteiger partial charge in [0.25, 0.3) is 5.91 Å². The zero-order valence-electron chi connectivity index (χ0n) is 15.3. The Morgan fingerprint density at radius 3 is 2.61 bits per heavy atom. The molecule has 144 valence electrons. The van der Waals surface area contributed by atoms with Crippen molar-refractivity contribution in [3.8, 4) is 21.7 Å². The van der Waals surface area contributed by atoms with Crippen LogP contribution in [0.25, 0.3) is 21.7 Å². The van der Waals surface area contributed by atoms with E-state index in [1.54, 1.807) is 24.0 Å².